The number of hydrogen-bond donors (Lipinski definition) is 0. The summed E-state index contributed by atoms with van der Waals surface area (Å²) in [7, 11) is 0. The van der Waals surface area contributed by atoms with Crippen LogP contribution in [-0.2, 0) is 0 Å². The summed E-state index contributed by atoms with van der Waals surface area (Å²) in [5.74, 6) is 3.69. The van der Waals surface area contributed by atoms with Crippen LogP contribution in [0.15, 0.2) is 229 Å². The van der Waals surface area contributed by atoms with Crippen LogP contribution in [0, 0.1) is 17.8 Å². The van der Waals surface area contributed by atoms with Crippen LogP contribution in [0.5, 0.6) is 0 Å². The van der Waals surface area contributed by atoms with Gasteiger partial charge in [-0.05, 0) is 130 Å². The lowest BCUT2D eigenvalue weighted by molar-refractivity contribution is 0.219. The molecule has 0 radical (unpaired) electrons. The highest BCUT2D eigenvalue weighted by molar-refractivity contribution is 6.12. The van der Waals surface area contributed by atoms with Crippen molar-refractivity contribution in [2.75, 3.05) is 9.80 Å². The highest BCUT2D eigenvalue weighted by Gasteiger charge is 2.43. The van der Waals surface area contributed by atoms with E-state index >= 15 is 0 Å². The molecule has 0 N–H and O–H groups in total. The Kier molecular flexibility index (Phi) is 9.48. The van der Waals surface area contributed by atoms with Crippen LogP contribution in [0.25, 0.3) is 44.2 Å². The first-order valence-corrected chi connectivity index (χ1v) is 22.8. The molecule has 4 unspecified atom stereocenters. The molecule has 304 valence electrons. The van der Waals surface area contributed by atoms with Gasteiger partial charge in [0, 0.05) is 28.0 Å². The molecule has 1 heterocycles. The van der Waals surface area contributed by atoms with Gasteiger partial charge in [-0.3, -0.25) is 4.99 Å². The van der Waals surface area contributed by atoms with E-state index in [0.717, 1.165) is 34.6 Å². The molecule has 4 aliphatic rings. The number of benzene rings is 8. The Balaban J connectivity index is 0.761. The standard InChI is InChI=1S/C60H49N3/c1-3-12-53(13-4-1)62(58-17-9-11-47-10-7-8-16-56(47)58)55-35-32-46(33-36-55)44-24-22-42(23-25-44)41-18-20-43(21-19-41)45-26-28-48(29-27-45)60-61-57-40-51(52-38-49-30-31-50(49)39-52)34-37-59(57)63(60)54-14-5-2-6-15-54/h1-29,32-37,40,49-50,52,57,59H,30-31,38-39H2. The molecular formula is C60H49N3. The summed E-state index contributed by atoms with van der Waals surface area (Å²) < 4.78 is 0. The number of aliphatic imine (C=N–C) groups is 1. The summed E-state index contributed by atoms with van der Waals surface area (Å²) in [4.78, 5) is 10.2. The van der Waals surface area contributed by atoms with Gasteiger partial charge < -0.3 is 9.80 Å². The highest BCUT2D eigenvalue weighted by Crippen LogP contribution is 2.52. The number of para-hydroxylation sites is 2. The number of fused-ring (bicyclic) bond motifs is 3. The lowest BCUT2D eigenvalue weighted by Gasteiger charge is -2.30. The Hall–Kier alpha value is -7.23. The predicted octanol–water partition coefficient (Wildman–Crippen LogP) is 15.2. The van der Waals surface area contributed by atoms with Crippen LogP contribution < -0.4 is 9.80 Å². The Bertz CT molecular complexity index is 2980. The number of nitrogens with zero attached hydrogens (tertiary/aromatic N) is 3. The van der Waals surface area contributed by atoms with Crippen molar-refractivity contribution in [1.82, 2.24) is 0 Å². The molecule has 2 fully saturated rings. The molecule has 8 aromatic carbocycles. The minimum absolute atomic E-state index is 0.137. The van der Waals surface area contributed by atoms with E-state index in [0.29, 0.717) is 5.92 Å². The third kappa shape index (κ3) is 6.98. The Labute approximate surface area is 371 Å². The van der Waals surface area contributed by atoms with Gasteiger partial charge in [0.1, 0.15) is 5.84 Å². The van der Waals surface area contributed by atoms with Gasteiger partial charge in [0.05, 0.1) is 17.8 Å². The maximum absolute atomic E-state index is 5.44. The summed E-state index contributed by atoms with van der Waals surface area (Å²) in [6.45, 7) is 0. The second kappa shape index (κ2) is 15.9. The van der Waals surface area contributed by atoms with Crippen molar-refractivity contribution in [1.29, 1.82) is 0 Å². The molecular weight excluding hydrogens is 763 g/mol. The molecule has 0 spiro atoms. The Morgan fingerprint density at radius 3 is 1.54 bits per heavy atom. The van der Waals surface area contributed by atoms with Crippen LogP contribution in [0.1, 0.15) is 31.2 Å². The average Bonchev–Trinajstić information content (AvgIpc) is 3.88. The normalized spacial score (nSPS) is 21.0. The first-order chi connectivity index (χ1) is 31.2. The van der Waals surface area contributed by atoms with E-state index in [9.17, 15) is 0 Å². The van der Waals surface area contributed by atoms with Gasteiger partial charge in [0.15, 0.2) is 0 Å². The molecule has 3 heteroatoms. The van der Waals surface area contributed by atoms with Gasteiger partial charge in [-0.1, -0.05) is 176 Å². The molecule has 0 aromatic heterocycles. The molecule has 63 heavy (non-hydrogen) atoms. The van der Waals surface area contributed by atoms with E-state index in [1.807, 2.05) is 0 Å². The van der Waals surface area contributed by atoms with Gasteiger partial charge in [0.2, 0.25) is 0 Å². The maximum Gasteiger partial charge on any atom is 0.136 e. The summed E-state index contributed by atoms with van der Waals surface area (Å²) in [5.41, 5.74) is 14.5. The van der Waals surface area contributed by atoms with Gasteiger partial charge in [0.25, 0.3) is 0 Å². The van der Waals surface area contributed by atoms with Crippen molar-refractivity contribution in [2.45, 2.75) is 37.8 Å². The second-order valence-corrected chi connectivity index (χ2v) is 17.9. The number of allylic oxidation sites excluding steroid dienone is 2. The summed E-state index contributed by atoms with van der Waals surface area (Å²) in [6, 6.07) is 72.8. The van der Waals surface area contributed by atoms with Crippen LogP contribution in [0.4, 0.5) is 22.7 Å². The molecule has 4 atom stereocenters. The lowest BCUT2D eigenvalue weighted by atomic mass is 9.77. The molecule has 3 aliphatic carbocycles. The highest BCUT2D eigenvalue weighted by atomic mass is 15.3. The molecule has 8 aromatic rings. The van der Waals surface area contributed by atoms with Crippen LogP contribution in [0.3, 0.4) is 0 Å². The van der Waals surface area contributed by atoms with Crippen molar-refractivity contribution < 1.29 is 0 Å². The van der Waals surface area contributed by atoms with Crippen LogP contribution in [-0.4, -0.2) is 17.9 Å². The van der Waals surface area contributed by atoms with Crippen molar-refractivity contribution in [3.05, 3.63) is 230 Å². The van der Waals surface area contributed by atoms with Gasteiger partial charge in [-0.2, -0.15) is 0 Å². The quantitative estimate of drug-likeness (QED) is 0.145. The number of anilines is 4. The summed E-state index contributed by atoms with van der Waals surface area (Å²) in [6.07, 6.45) is 13.0. The molecule has 3 nitrogen and oxygen atoms in total. The third-order valence-corrected chi connectivity index (χ3v) is 14.3. The smallest absolute Gasteiger partial charge is 0.136 e. The molecule has 0 amide bonds. The minimum Gasteiger partial charge on any atom is -0.317 e. The lowest BCUT2D eigenvalue weighted by Crippen LogP contribution is -2.39. The average molecular weight is 812 g/mol. The van der Waals surface area contributed by atoms with Crippen molar-refractivity contribution in [3.63, 3.8) is 0 Å². The Morgan fingerprint density at radius 2 is 0.952 bits per heavy atom. The van der Waals surface area contributed by atoms with E-state index in [4.69, 9.17) is 4.99 Å². The van der Waals surface area contributed by atoms with E-state index in [1.54, 1.807) is 0 Å². The number of amidine groups is 1. The fourth-order valence-electron chi connectivity index (χ4n) is 10.8. The topological polar surface area (TPSA) is 18.8 Å². The first kappa shape index (κ1) is 37.5. The number of hydrogen-bond acceptors (Lipinski definition) is 3. The maximum atomic E-state index is 5.44. The number of rotatable bonds is 9. The van der Waals surface area contributed by atoms with E-state index < -0.39 is 0 Å². The molecule has 0 saturated heterocycles. The fourth-order valence-corrected chi connectivity index (χ4v) is 10.8. The van der Waals surface area contributed by atoms with Crippen molar-refractivity contribution >= 4 is 39.4 Å². The molecule has 0 bridgehead atoms. The second-order valence-electron chi connectivity index (χ2n) is 17.9. The van der Waals surface area contributed by atoms with Gasteiger partial charge in [-0.25, -0.2) is 0 Å². The van der Waals surface area contributed by atoms with Gasteiger partial charge >= 0.3 is 0 Å². The SMILES string of the molecule is C1=CC2C(C=C1C1CC3CCC3C1)N=C(c1ccc(-c3ccc(-c4ccc(-c5ccc(N(c6ccccc6)c6cccc7ccccc67)cc5)cc4)cc3)cc1)N2c1ccccc1. The van der Waals surface area contributed by atoms with Crippen LogP contribution >= 0.6 is 0 Å². The zero-order valence-electron chi connectivity index (χ0n) is 35.3. The largest absolute Gasteiger partial charge is 0.317 e. The molecule has 2 saturated carbocycles. The Morgan fingerprint density at radius 1 is 0.460 bits per heavy atom. The van der Waals surface area contributed by atoms with Crippen molar-refractivity contribution in [3.8, 4) is 33.4 Å². The zero-order chi connectivity index (χ0) is 41.7. The van der Waals surface area contributed by atoms with E-state index in [1.165, 1.54) is 86.8 Å². The first-order valence-electron chi connectivity index (χ1n) is 22.8. The third-order valence-electron chi connectivity index (χ3n) is 14.3. The molecule has 12 rings (SSSR count). The summed E-state index contributed by atoms with van der Waals surface area (Å²) >= 11 is 0. The van der Waals surface area contributed by atoms with Crippen molar-refractivity contribution in [2.24, 2.45) is 22.7 Å². The minimum atomic E-state index is 0.137. The predicted molar refractivity (Wildman–Crippen MR) is 264 cm³/mol. The van der Waals surface area contributed by atoms with E-state index in [-0.39, 0.29) is 12.1 Å². The summed E-state index contributed by atoms with van der Waals surface area (Å²) in [5, 5.41) is 2.46. The van der Waals surface area contributed by atoms with Gasteiger partial charge in [-0.15, -0.1) is 0 Å². The zero-order valence-corrected chi connectivity index (χ0v) is 35.3. The monoisotopic (exact) mass is 811 g/mol. The van der Waals surface area contributed by atoms with E-state index in [2.05, 4.69) is 228 Å². The fraction of sp³-hybridized carbons (Fsp3) is 0.150. The van der Waals surface area contributed by atoms with Crippen LogP contribution in [0.2, 0.25) is 0 Å². The molecule has 1 aliphatic heterocycles.